The van der Waals surface area contributed by atoms with Gasteiger partial charge in [-0.15, -0.1) is 0 Å². The third-order valence-electron chi connectivity index (χ3n) is 4.73. The van der Waals surface area contributed by atoms with Crippen molar-refractivity contribution in [2.24, 2.45) is 0 Å². The van der Waals surface area contributed by atoms with Crippen LogP contribution in [0, 0.1) is 0 Å². The molecule has 0 saturated carbocycles. The first-order chi connectivity index (χ1) is 14.9. The molecule has 31 heavy (non-hydrogen) atoms. The molecule has 0 bridgehead atoms. The lowest BCUT2D eigenvalue weighted by Crippen LogP contribution is -2.31. The molecule has 0 radical (unpaired) electrons. The number of imide groups is 1. The number of nitrogens with one attached hydrogen (secondary N) is 3. The zero-order valence-corrected chi connectivity index (χ0v) is 17.3. The van der Waals surface area contributed by atoms with Gasteiger partial charge in [0.05, 0.1) is 13.7 Å². The molecule has 0 aromatic heterocycles. The molecule has 0 spiro atoms. The van der Waals surface area contributed by atoms with Crippen LogP contribution in [0.1, 0.15) is 25.3 Å². The number of ether oxygens (including phenoxy) is 1. The van der Waals surface area contributed by atoms with Crippen LogP contribution >= 0.6 is 0 Å². The van der Waals surface area contributed by atoms with Gasteiger partial charge in [0, 0.05) is 24.7 Å². The van der Waals surface area contributed by atoms with Gasteiger partial charge in [0.15, 0.2) is 0 Å². The number of anilines is 2. The highest BCUT2D eigenvalue weighted by Gasteiger charge is 2.37. The summed E-state index contributed by atoms with van der Waals surface area (Å²) in [6, 6.07) is 12.6. The first kappa shape index (κ1) is 21.8. The van der Waals surface area contributed by atoms with Gasteiger partial charge in [-0.3, -0.25) is 19.3 Å². The Kier molecular flexibility index (Phi) is 6.86. The first-order valence-electron chi connectivity index (χ1n) is 9.78. The molecule has 3 N–H and O–H groups in total. The van der Waals surface area contributed by atoms with Gasteiger partial charge in [-0.2, -0.15) is 0 Å². The summed E-state index contributed by atoms with van der Waals surface area (Å²) in [7, 11) is 1.56. The summed E-state index contributed by atoms with van der Waals surface area (Å²) in [4.78, 5) is 49.4. The van der Waals surface area contributed by atoms with E-state index in [9.17, 15) is 19.2 Å². The van der Waals surface area contributed by atoms with Crippen LogP contribution in [0.4, 0.5) is 16.2 Å². The highest BCUT2D eigenvalue weighted by molar-refractivity contribution is 6.04. The van der Waals surface area contributed by atoms with Crippen molar-refractivity contribution in [3.05, 3.63) is 54.1 Å². The van der Waals surface area contributed by atoms with E-state index < -0.39 is 12.1 Å². The fourth-order valence-corrected chi connectivity index (χ4v) is 3.21. The lowest BCUT2D eigenvalue weighted by molar-refractivity contribution is -0.128. The second-order valence-electron chi connectivity index (χ2n) is 7.12. The number of urea groups is 1. The van der Waals surface area contributed by atoms with E-state index in [1.165, 1.54) is 6.92 Å². The molecular weight excluding hydrogens is 400 g/mol. The van der Waals surface area contributed by atoms with Crippen LogP contribution in [-0.4, -0.2) is 41.8 Å². The van der Waals surface area contributed by atoms with Crippen LogP contribution in [0.25, 0.3) is 0 Å². The third kappa shape index (κ3) is 5.81. The summed E-state index contributed by atoms with van der Waals surface area (Å²) in [5, 5.41) is 8.00. The van der Waals surface area contributed by atoms with Crippen molar-refractivity contribution in [3.63, 3.8) is 0 Å². The summed E-state index contributed by atoms with van der Waals surface area (Å²) >= 11 is 0. The summed E-state index contributed by atoms with van der Waals surface area (Å²) < 4.78 is 5.10. The van der Waals surface area contributed by atoms with Crippen molar-refractivity contribution >= 4 is 35.1 Å². The molecule has 1 heterocycles. The summed E-state index contributed by atoms with van der Waals surface area (Å²) in [5.74, 6) is -0.178. The Balaban J connectivity index is 1.52. The second kappa shape index (κ2) is 9.75. The van der Waals surface area contributed by atoms with E-state index in [1.807, 2.05) is 0 Å². The maximum atomic E-state index is 12.6. The van der Waals surface area contributed by atoms with Crippen molar-refractivity contribution in [1.82, 2.24) is 10.2 Å². The second-order valence-corrected chi connectivity index (χ2v) is 7.12. The van der Waals surface area contributed by atoms with Crippen LogP contribution < -0.4 is 20.7 Å². The van der Waals surface area contributed by atoms with Crippen molar-refractivity contribution in [2.75, 3.05) is 17.7 Å². The normalized spacial score (nSPS) is 15.4. The number of amides is 5. The zero-order valence-electron chi connectivity index (χ0n) is 17.3. The predicted molar refractivity (Wildman–Crippen MR) is 114 cm³/mol. The number of hydrogen-bond donors (Lipinski definition) is 3. The smallest absolute Gasteiger partial charge is 0.325 e. The standard InChI is InChI=1S/C22H24N4O5/c1-14(27)23-16-4-3-5-17(12-16)24-20(28)11-10-19-21(29)26(22(30)25-19)13-15-6-8-18(31-2)9-7-15/h3-9,12,19H,10-11,13H2,1-2H3,(H,23,27)(H,24,28)(H,25,30)/t19-/m0/s1. The van der Waals surface area contributed by atoms with Crippen molar-refractivity contribution in [2.45, 2.75) is 32.4 Å². The van der Waals surface area contributed by atoms with E-state index in [0.29, 0.717) is 17.1 Å². The van der Waals surface area contributed by atoms with Gasteiger partial charge >= 0.3 is 6.03 Å². The Morgan fingerprint density at radius 3 is 2.39 bits per heavy atom. The minimum atomic E-state index is -0.748. The predicted octanol–water partition coefficient (Wildman–Crippen LogP) is 2.49. The molecule has 1 atom stereocenters. The number of hydrogen-bond acceptors (Lipinski definition) is 5. The molecule has 3 rings (SSSR count). The molecule has 162 valence electrons. The molecule has 2 aromatic carbocycles. The molecule has 5 amide bonds. The van der Waals surface area contributed by atoms with Gasteiger partial charge in [0.1, 0.15) is 11.8 Å². The highest BCUT2D eigenvalue weighted by atomic mass is 16.5. The molecule has 0 unspecified atom stereocenters. The van der Waals surface area contributed by atoms with Gasteiger partial charge in [-0.25, -0.2) is 4.79 Å². The van der Waals surface area contributed by atoms with E-state index in [0.717, 1.165) is 10.5 Å². The van der Waals surface area contributed by atoms with Gasteiger partial charge in [0.25, 0.3) is 5.91 Å². The third-order valence-corrected chi connectivity index (χ3v) is 4.73. The van der Waals surface area contributed by atoms with Crippen molar-refractivity contribution in [3.8, 4) is 5.75 Å². The first-order valence-corrected chi connectivity index (χ1v) is 9.78. The number of carbonyl (C=O) groups excluding carboxylic acids is 4. The molecule has 2 aromatic rings. The number of methoxy groups -OCH3 is 1. The van der Waals surface area contributed by atoms with E-state index >= 15 is 0 Å². The number of benzene rings is 2. The Morgan fingerprint density at radius 1 is 1.06 bits per heavy atom. The van der Waals surface area contributed by atoms with Gasteiger partial charge < -0.3 is 20.7 Å². The Labute approximate surface area is 179 Å². The number of carbonyl (C=O) groups is 4. The molecule has 1 fully saturated rings. The number of rotatable bonds is 8. The molecule has 1 aliphatic heterocycles. The Bertz CT molecular complexity index is 990. The largest absolute Gasteiger partial charge is 0.497 e. The van der Waals surface area contributed by atoms with Crippen LogP contribution in [0.3, 0.4) is 0 Å². The molecule has 1 aliphatic rings. The zero-order chi connectivity index (χ0) is 22.4. The summed E-state index contributed by atoms with van der Waals surface area (Å²) in [5.41, 5.74) is 1.89. The van der Waals surface area contributed by atoms with Gasteiger partial charge in [-0.05, 0) is 42.3 Å². The van der Waals surface area contributed by atoms with Crippen LogP contribution in [-0.2, 0) is 20.9 Å². The van der Waals surface area contributed by atoms with Crippen molar-refractivity contribution in [1.29, 1.82) is 0 Å². The van der Waals surface area contributed by atoms with Gasteiger partial charge in [-0.1, -0.05) is 18.2 Å². The Morgan fingerprint density at radius 2 is 1.74 bits per heavy atom. The lowest BCUT2D eigenvalue weighted by atomic mass is 10.1. The summed E-state index contributed by atoms with van der Waals surface area (Å²) in [6.07, 6.45) is 0.234. The summed E-state index contributed by atoms with van der Waals surface area (Å²) in [6.45, 7) is 1.55. The Hall–Kier alpha value is -3.88. The molecule has 9 heteroatoms. The molecule has 0 aliphatic carbocycles. The van der Waals surface area contributed by atoms with Crippen LogP contribution in [0.5, 0.6) is 5.75 Å². The minimum Gasteiger partial charge on any atom is -0.497 e. The average Bonchev–Trinajstić information content (AvgIpc) is 3.00. The highest BCUT2D eigenvalue weighted by Crippen LogP contribution is 2.19. The molecule has 9 nitrogen and oxygen atoms in total. The van der Waals surface area contributed by atoms with E-state index in [4.69, 9.17) is 4.74 Å². The van der Waals surface area contributed by atoms with Crippen LogP contribution in [0.15, 0.2) is 48.5 Å². The quantitative estimate of drug-likeness (QED) is 0.563. The maximum Gasteiger partial charge on any atom is 0.325 e. The lowest BCUT2D eigenvalue weighted by Gasteiger charge is -2.13. The maximum absolute atomic E-state index is 12.6. The van der Waals surface area contributed by atoms with Gasteiger partial charge in [0.2, 0.25) is 11.8 Å². The monoisotopic (exact) mass is 424 g/mol. The molecule has 1 saturated heterocycles. The fraction of sp³-hybridized carbons (Fsp3) is 0.273. The number of nitrogens with zero attached hydrogens (tertiary/aromatic N) is 1. The molecular formula is C22H24N4O5. The van der Waals surface area contributed by atoms with E-state index in [-0.39, 0.29) is 37.1 Å². The van der Waals surface area contributed by atoms with Crippen molar-refractivity contribution < 1.29 is 23.9 Å². The average molecular weight is 424 g/mol. The topological polar surface area (TPSA) is 117 Å². The van der Waals surface area contributed by atoms with E-state index in [2.05, 4.69) is 16.0 Å². The fourth-order valence-electron chi connectivity index (χ4n) is 3.21. The van der Waals surface area contributed by atoms with E-state index in [1.54, 1.807) is 55.6 Å². The SMILES string of the molecule is COc1ccc(CN2C(=O)N[C@@H](CCC(=O)Nc3cccc(NC(C)=O)c3)C2=O)cc1. The minimum absolute atomic E-state index is 0.0530. The van der Waals surface area contributed by atoms with Crippen LogP contribution in [0.2, 0.25) is 0 Å².